The largest absolute Gasteiger partial charge is 0.433 e. The Bertz CT molecular complexity index is 644. The fourth-order valence-corrected chi connectivity index (χ4v) is 2.00. The quantitative estimate of drug-likeness (QED) is 0.786. The molecule has 1 heterocycles. The third-order valence-electron chi connectivity index (χ3n) is 2.45. The molecule has 0 fully saturated rings. The van der Waals surface area contributed by atoms with E-state index in [1.165, 1.54) is 6.07 Å². The zero-order valence-corrected chi connectivity index (χ0v) is 9.68. The molecule has 0 atom stereocenters. The third kappa shape index (κ3) is 2.12. The Morgan fingerprint density at radius 2 is 1.94 bits per heavy atom. The standard InChI is InChI=1S/C12H6ClF3N2/c13-10-7-3-1-2-4-9(7)18-11(12(14,15)16)8(10)5-6-17/h1-4H,5H2. The van der Waals surface area contributed by atoms with Crippen LogP contribution in [0.4, 0.5) is 13.2 Å². The first-order valence-corrected chi connectivity index (χ1v) is 5.34. The molecule has 0 amide bonds. The summed E-state index contributed by atoms with van der Waals surface area (Å²) >= 11 is 5.94. The zero-order valence-electron chi connectivity index (χ0n) is 8.92. The number of halogens is 4. The molecule has 0 aliphatic heterocycles. The SMILES string of the molecule is N#CCc1c(C(F)(F)F)nc2ccccc2c1Cl. The van der Waals surface area contributed by atoms with Gasteiger partial charge in [-0.15, -0.1) is 0 Å². The highest BCUT2D eigenvalue weighted by atomic mass is 35.5. The Hall–Kier alpha value is -1.80. The molecule has 2 nitrogen and oxygen atoms in total. The average molecular weight is 271 g/mol. The summed E-state index contributed by atoms with van der Waals surface area (Å²) in [6.45, 7) is 0. The van der Waals surface area contributed by atoms with Gasteiger partial charge in [-0.1, -0.05) is 29.8 Å². The van der Waals surface area contributed by atoms with E-state index < -0.39 is 18.3 Å². The van der Waals surface area contributed by atoms with E-state index in [1.54, 1.807) is 24.3 Å². The van der Waals surface area contributed by atoms with Crippen molar-refractivity contribution in [2.24, 2.45) is 0 Å². The molecule has 0 bridgehead atoms. The van der Waals surface area contributed by atoms with Crippen LogP contribution in [0.25, 0.3) is 10.9 Å². The van der Waals surface area contributed by atoms with Gasteiger partial charge < -0.3 is 0 Å². The number of fused-ring (bicyclic) bond motifs is 1. The first-order chi connectivity index (χ1) is 8.45. The van der Waals surface area contributed by atoms with Gasteiger partial charge in [-0.2, -0.15) is 18.4 Å². The van der Waals surface area contributed by atoms with Gasteiger partial charge in [0, 0.05) is 10.9 Å². The molecule has 0 aliphatic rings. The molecule has 92 valence electrons. The van der Waals surface area contributed by atoms with E-state index in [1.807, 2.05) is 0 Å². The fraction of sp³-hybridized carbons (Fsp3) is 0.167. The summed E-state index contributed by atoms with van der Waals surface area (Å²) in [5, 5.41) is 8.96. The molecule has 0 aliphatic carbocycles. The molecule has 18 heavy (non-hydrogen) atoms. The van der Waals surface area contributed by atoms with E-state index in [0.29, 0.717) is 5.39 Å². The molecule has 2 rings (SSSR count). The summed E-state index contributed by atoms with van der Waals surface area (Å²) in [5.41, 5.74) is -1.20. The van der Waals surface area contributed by atoms with Crippen LogP contribution in [-0.2, 0) is 12.6 Å². The van der Waals surface area contributed by atoms with Gasteiger partial charge in [-0.3, -0.25) is 0 Å². The molecule has 0 radical (unpaired) electrons. The molecule has 0 saturated heterocycles. The predicted molar refractivity (Wildman–Crippen MR) is 61.1 cm³/mol. The number of para-hydroxylation sites is 1. The Kier molecular flexibility index (Phi) is 3.14. The molecule has 2 aromatic rings. The number of aromatic nitrogens is 1. The predicted octanol–water partition coefficient (Wildman–Crippen LogP) is 3.97. The average Bonchev–Trinajstić information content (AvgIpc) is 2.31. The summed E-state index contributed by atoms with van der Waals surface area (Å²) in [6.07, 6.45) is -5.05. The molecular weight excluding hydrogens is 265 g/mol. The molecule has 0 saturated carbocycles. The highest BCUT2D eigenvalue weighted by Gasteiger charge is 2.36. The summed E-state index contributed by atoms with van der Waals surface area (Å²) in [7, 11) is 0. The fourth-order valence-electron chi connectivity index (χ4n) is 1.69. The van der Waals surface area contributed by atoms with E-state index in [-0.39, 0.29) is 16.1 Å². The van der Waals surface area contributed by atoms with Crippen molar-refractivity contribution < 1.29 is 13.2 Å². The maximum Gasteiger partial charge on any atom is 0.433 e. The topological polar surface area (TPSA) is 36.7 Å². The Balaban J connectivity index is 2.84. The highest BCUT2D eigenvalue weighted by Crippen LogP contribution is 2.37. The smallest absolute Gasteiger partial charge is 0.243 e. The lowest BCUT2D eigenvalue weighted by atomic mass is 10.1. The van der Waals surface area contributed by atoms with Gasteiger partial charge in [-0.05, 0) is 6.07 Å². The lowest BCUT2D eigenvalue weighted by Crippen LogP contribution is -2.12. The minimum absolute atomic E-state index is 0.0607. The normalized spacial score (nSPS) is 11.5. The van der Waals surface area contributed by atoms with Crippen molar-refractivity contribution in [2.75, 3.05) is 0 Å². The lowest BCUT2D eigenvalue weighted by molar-refractivity contribution is -0.141. The van der Waals surface area contributed by atoms with E-state index in [0.717, 1.165) is 0 Å². The second-order valence-electron chi connectivity index (χ2n) is 3.60. The number of nitriles is 1. The van der Waals surface area contributed by atoms with Crippen LogP contribution in [0.3, 0.4) is 0 Å². The summed E-state index contributed by atoms with van der Waals surface area (Å²) in [5.74, 6) is 0. The highest BCUT2D eigenvalue weighted by molar-refractivity contribution is 6.36. The van der Waals surface area contributed by atoms with Crippen molar-refractivity contribution in [3.63, 3.8) is 0 Å². The molecule has 0 spiro atoms. The Morgan fingerprint density at radius 3 is 2.56 bits per heavy atom. The minimum atomic E-state index is -4.63. The van der Waals surface area contributed by atoms with Crippen molar-refractivity contribution in [3.05, 3.63) is 40.5 Å². The van der Waals surface area contributed by atoms with Gasteiger partial charge in [-0.25, -0.2) is 4.98 Å². The van der Waals surface area contributed by atoms with Crippen molar-refractivity contribution in [1.29, 1.82) is 5.26 Å². The van der Waals surface area contributed by atoms with Crippen LogP contribution < -0.4 is 0 Å². The van der Waals surface area contributed by atoms with Gasteiger partial charge in [0.05, 0.1) is 23.0 Å². The Labute approximate surface area is 106 Å². The number of alkyl halides is 3. The summed E-state index contributed by atoms with van der Waals surface area (Å²) in [6, 6.07) is 7.93. The number of benzene rings is 1. The molecule has 6 heteroatoms. The van der Waals surface area contributed by atoms with Crippen molar-refractivity contribution in [3.8, 4) is 6.07 Å². The van der Waals surface area contributed by atoms with Crippen LogP contribution in [0.5, 0.6) is 0 Å². The van der Waals surface area contributed by atoms with Crippen LogP contribution in [0.1, 0.15) is 11.3 Å². The maximum absolute atomic E-state index is 12.8. The molecule has 0 N–H and O–H groups in total. The van der Waals surface area contributed by atoms with E-state index in [9.17, 15) is 13.2 Å². The van der Waals surface area contributed by atoms with Crippen molar-refractivity contribution in [1.82, 2.24) is 4.98 Å². The zero-order chi connectivity index (χ0) is 13.3. The van der Waals surface area contributed by atoms with Gasteiger partial charge >= 0.3 is 6.18 Å². The van der Waals surface area contributed by atoms with E-state index >= 15 is 0 Å². The molecule has 0 unspecified atom stereocenters. The molecule has 1 aromatic carbocycles. The van der Waals surface area contributed by atoms with Crippen LogP contribution in [0.15, 0.2) is 24.3 Å². The van der Waals surface area contributed by atoms with Gasteiger partial charge in [0.15, 0.2) is 5.69 Å². The van der Waals surface area contributed by atoms with Crippen LogP contribution in [-0.4, -0.2) is 4.98 Å². The van der Waals surface area contributed by atoms with Gasteiger partial charge in [0.2, 0.25) is 0 Å². The van der Waals surface area contributed by atoms with Crippen LogP contribution >= 0.6 is 11.6 Å². The minimum Gasteiger partial charge on any atom is -0.243 e. The van der Waals surface area contributed by atoms with Crippen LogP contribution in [0.2, 0.25) is 5.02 Å². The second kappa shape index (κ2) is 4.46. The van der Waals surface area contributed by atoms with Crippen LogP contribution in [0, 0.1) is 11.3 Å². The monoisotopic (exact) mass is 270 g/mol. The number of hydrogen-bond donors (Lipinski definition) is 0. The maximum atomic E-state index is 12.8. The first kappa shape index (κ1) is 12.7. The van der Waals surface area contributed by atoms with Gasteiger partial charge in [0.1, 0.15) is 0 Å². The third-order valence-corrected chi connectivity index (χ3v) is 2.88. The number of rotatable bonds is 1. The number of hydrogen-bond acceptors (Lipinski definition) is 2. The van der Waals surface area contributed by atoms with Gasteiger partial charge in [0.25, 0.3) is 0 Å². The molecular formula is C12H6ClF3N2. The number of nitrogens with zero attached hydrogens (tertiary/aromatic N) is 2. The van der Waals surface area contributed by atoms with E-state index in [2.05, 4.69) is 4.98 Å². The summed E-state index contributed by atoms with van der Waals surface area (Å²) in [4.78, 5) is 3.57. The van der Waals surface area contributed by atoms with Crippen molar-refractivity contribution in [2.45, 2.75) is 12.6 Å². The van der Waals surface area contributed by atoms with E-state index in [4.69, 9.17) is 16.9 Å². The molecule has 1 aromatic heterocycles. The first-order valence-electron chi connectivity index (χ1n) is 4.96. The number of pyridine rings is 1. The Morgan fingerprint density at radius 1 is 1.28 bits per heavy atom. The van der Waals surface area contributed by atoms with Crippen molar-refractivity contribution >= 4 is 22.5 Å². The second-order valence-corrected chi connectivity index (χ2v) is 3.98. The summed E-state index contributed by atoms with van der Waals surface area (Å²) < 4.78 is 38.5. The lowest BCUT2D eigenvalue weighted by Gasteiger charge is -2.13.